The molecule has 1 saturated heterocycles. The Kier molecular flexibility index (Phi) is 4.23. The van der Waals surface area contributed by atoms with Gasteiger partial charge in [-0.1, -0.05) is 12.1 Å². The van der Waals surface area contributed by atoms with Gasteiger partial charge < -0.3 is 14.5 Å². The molecule has 0 radical (unpaired) electrons. The van der Waals surface area contributed by atoms with Crippen LogP contribution < -0.4 is 9.64 Å². The van der Waals surface area contributed by atoms with Crippen LogP contribution in [0.3, 0.4) is 0 Å². The maximum atomic E-state index is 12.9. The van der Waals surface area contributed by atoms with E-state index in [0.29, 0.717) is 24.2 Å². The summed E-state index contributed by atoms with van der Waals surface area (Å²) in [5, 5.41) is 0. The van der Waals surface area contributed by atoms with Gasteiger partial charge in [0, 0.05) is 37.9 Å². The number of ether oxygens (including phenoxy) is 1. The van der Waals surface area contributed by atoms with Crippen molar-refractivity contribution in [2.24, 2.45) is 0 Å². The number of piperazine rings is 1. The zero-order valence-corrected chi connectivity index (χ0v) is 14.7. The van der Waals surface area contributed by atoms with Gasteiger partial charge in [-0.05, 0) is 24.3 Å². The maximum absolute atomic E-state index is 12.9. The summed E-state index contributed by atoms with van der Waals surface area (Å²) in [6, 6.07) is 13.6. The van der Waals surface area contributed by atoms with Crippen LogP contribution in [0.4, 0.5) is 5.69 Å². The minimum Gasteiger partial charge on any atom is -0.497 e. The topological polar surface area (TPSA) is 58.6 Å². The lowest BCUT2D eigenvalue weighted by Crippen LogP contribution is -2.48. The van der Waals surface area contributed by atoms with E-state index in [1.165, 1.54) is 0 Å². The average Bonchev–Trinajstić information content (AvgIpc) is 3.16. The van der Waals surface area contributed by atoms with Crippen molar-refractivity contribution < 1.29 is 9.53 Å². The average molecular weight is 354 g/mol. The summed E-state index contributed by atoms with van der Waals surface area (Å²) in [6.45, 7) is 2.96. The van der Waals surface area contributed by atoms with Crippen LogP contribution in [-0.4, -0.2) is 52.8 Å². The predicted octanol–water partition coefficient (Wildman–Crippen LogP) is 2.66. The van der Waals surface area contributed by atoms with Gasteiger partial charge in [0.05, 0.1) is 24.4 Å². The lowest BCUT2D eigenvalue weighted by Gasteiger charge is -2.36. The van der Waals surface area contributed by atoms with Crippen molar-refractivity contribution >= 4 is 34.4 Å². The van der Waals surface area contributed by atoms with Crippen LogP contribution in [-0.2, 0) is 0 Å². The second-order valence-corrected chi connectivity index (χ2v) is 6.45. The van der Waals surface area contributed by atoms with Gasteiger partial charge in [-0.2, -0.15) is 8.75 Å². The van der Waals surface area contributed by atoms with Crippen LogP contribution >= 0.6 is 11.7 Å². The number of rotatable bonds is 3. The van der Waals surface area contributed by atoms with E-state index < -0.39 is 0 Å². The fraction of sp³-hybridized carbons (Fsp3) is 0.278. The van der Waals surface area contributed by atoms with E-state index in [1.54, 1.807) is 7.11 Å². The van der Waals surface area contributed by atoms with Gasteiger partial charge in [0.15, 0.2) is 0 Å². The molecule has 2 aromatic carbocycles. The number of fused-ring (bicyclic) bond motifs is 1. The smallest absolute Gasteiger partial charge is 0.256 e. The SMILES string of the molecule is COc1cccc(N2CCN(C(=O)c3cccc4nsnc34)CC2)c1. The molecule has 0 aliphatic carbocycles. The molecule has 3 aromatic rings. The molecule has 0 atom stereocenters. The van der Waals surface area contributed by atoms with Crippen molar-refractivity contribution in [1.29, 1.82) is 0 Å². The van der Waals surface area contributed by atoms with Gasteiger partial charge in [0.1, 0.15) is 16.8 Å². The Morgan fingerprint density at radius 2 is 1.88 bits per heavy atom. The number of benzene rings is 2. The monoisotopic (exact) mass is 354 g/mol. The van der Waals surface area contributed by atoms with Crippen LogP contribution in [0, 0.1) is 0 Å². The molecule has 7 heteroatoms. The van der Waals surface area contributed by atoms with E-state index in [2.05, 4.69) is 19.7 Å². The summed E-state index contributed by atoms with van der Waals surface area (Å²) < 4.78 is 13.8. The van der Waals surface area contributed by atoms with E-state index in [0.717, 1.165) is 41.8 Å². The number of nitrogens with zero attached hydrogens (tertiary/aromatic N) is 4. The molecule has 1 aliphatic rings. The summed E-state index contributed by atoms with van der Waals surface area (Å²) in [5.74, 6) is 0.877. The number of anilines is 1. The second kappa shape index (κ2) is 6.68. The van der Waals surface area contributed by atoms with Crippen LogP contribution in [0.5, 0.6) is 5.75 Å². The summed E-state index contributed by atoms with van der Waals surface area (Å²) in [7, 11) is 1.67. The van der Waals surface area contributed by atoms with Crippen molar-refractivity contribution in [1.82, 2.24) is 13.6 Å². The minimum atomic E-state index is 0.0311. The van der Waals surface area contributed by atoms with Crippen molar-refractivity contribution in [2.45, 2.75) is 0 Å². The number of hydrogen-bond donors (Lipinski definition) is 0. The van der Waals surface area contributed by atoms with Crippen LogP contribution in [0.2, 0.25) is 0 Å². The molecule has 0 N–H and O–H groups in total. The molecule has 1 aliphatic heterocycles. The summed E-state index contributed by atoms with van der Waals surface area (Å²) in [5.41, 5.74) is 3.25. The zero-order chi connectivity index (χ0) is 17.2. The number of methoxy groups -OCH3 is 1. The van der Waals surface area contributed by atoms with Gasteiger partial charge >= 0.3 is 0 Å². The summed E-state index contributed by atoms with van der Waals surface area (Å²) >= 11 is 1.14. The quantitative estimate of drug-likeness (QED) is 0.724. The fourth-order valence-electron chi connectivity index (χ4n) is 3.12. The molecular formula is C18H18N4O2S. The third-order valence-corrected chi connectivity index (χ3v) is 5.04. The number of carbonyl (C=O) groups excluding carboxylic acids is 1. The Hall–Kier alpha value is -2.67. The molecule has 2 heterocycles. The highest BCUT2D eigenvalue weighted by Gasteiger charge is 2.24. The Balaban J connectivity index is 1.48. The number of aromatic nitrogens is 2. The molecule has 1 fully saturated rings. The van der Waals surface area contributed by atoms with Gasteiger partial charge in [-0.25, -0.2) is 0 Å². The third kappa shape index (κ3) is 3.02. The van der Waals surface area contributed by atoms with Gasteiger partial charge in [0.2, 0.25) is 0 Å². The normalized spacial score (nSPS) is 14.8. The first kappa shape index (κ1) is 15.8. The van der Waals surface area contributed by atoms with Crippen LogP contribution in [0.15, 0.2) is 42.5 Å². The molecule has 0 saturated carbocycles. The van der Waals surface area contributed by atoms with E-state index >= 15 is 0 Å². The second-order valence-electron chi connectivity index (χ2n) is 5.92. The van der Waals surface area contributed by atoms with E-state index in [4.69, 9.17) is 4.74 Å². The fourth-order valence-corrected chi connectivity index (χ4v) is 3.67. The first-order valence-electron chi connectivity index (χ1n) is 8.16. The first-order valence-corrected chi connectivity index (χ1v) is 8.89. The zero-order valence-electron chi connectivity index (χ0n) is 13.9. The van der Waals surface area contributed by atoms with E-state index in [-0.39, 0.29) is 5.91 Å². The van der Waals surface area contributed by atoms with Gasteiger partial charge in [0.25, 0.3) is 5.91 Å². The van der Waals surface area contributed by atoms with Crippen LogP contribution in [0.1, 0.15) is 10.4 Å². The molecule has 0 spiro atoms. The molecule has 25 heavy (non-hydrogen) atoms. The largest absolute Gasteiger partial charge is 0.497 e. The highest BCUT2D eigenvalue weighted by molar-refractivity contribution is 7.00. The maximum Gasteiger partial charge on any atom is 0.256 e. The minimum absolute atomic E-state index is 0.0311. The number of carbonyl (C=O) groups is 1. The number of hydrogen-bond acceptors (Lipinski definition) is 6. The number of amides is 1. The van der Waals surface area contributed by atoms with Crippen LogP contribution in [0.25, 0.3) is 11.0 Å². The molecule has 6 nitrogen and oxygen atoms in total. The first-order chi connectivity index (χ1) is 12.3. The van der Waals surface area contributed by atoms with Crippen molar-refractivity contribution in [3.63, 3.8) is 0 Å². The van der Waals surface area contributed by atoms with Gasteiger partial charge in [-0.3, -0.25) is 4.79 Å². The molecule has 1 aromatic heterocycles. The predicted molar refractivity (Wildman–Crippen MR) is 98.5 cm³/mol. The molecule has 0 unspecified atom stereocenters. The molecule has 4 rings (SSSR count). The van der Waals surface area contributed by atoms with E-state index in [1.807, 2.05) is 41.3 Å². The molecule has 1 amide bonds. The molecular weight excluding hydrogens is 336 g/mol. The Morgan fingerprint density at radius 3 is 2.68 bits per heavy atom. The highest BCUT2D eigenvalue weighted by atomic mass is 32.1. The van der Waals surface area contributed by atoms with Crippen molar-refractivity contribution in [3.8, 4) is 5.75 Å². The molecule has 0 bridgehead atoms. The lowest BCUT2D eigenvalue weighted by molar-refractivity contribution is 0.0748. The third-order valence-electron chi connectivity index (χ3n) is 4.50. The van der Waals surface area contributed by atoms with Crippen molar-refractivity contribution in [2.75, 3.05) is 38.2 Å². The standard InChI is InChI=1S/C18H18N4O2S/c1-24-14-5-2-4-13(12-14)21-8-10-22(11-9-21)18(23)15-6-3-7-16-17(15)20-25-19-16/h2-7,12H,8-11H2,1H3. The Labute approximate surface area is 150 Å². The lowest BCUT2D eigenvalue weighted by atomic mass is 10.1. The Morgan fingerprint density at radius 1 is 1.08 bits per heavy atom. The highest BCUT2D eigenvalue weighted by Crippen LogP contribution is 2.23. The molecule has 128 valence electrons. The summed E-state index contributed by atoms with van der Waals surface area (Å²) in [4.78, 5) is 17.0. The van der Waals surface area contributed by atoms with Crippen molar-refractivity contribution in [3.05, 3.63) is 48.0 Å². The van der Waals surface area contributed by atoms with Gasteiger partial charge in [-0.15, -0.1) is 0 Å². The van der Waals surface area contributed by atoms with E-state index in [9.17, 15) is 4.79 Å². The Bertz CT molecular complexity index is 903. The summed E-state index contributed by atoms with van der Waals surface area (Å²) in [6.07, 6.45) is 0.